The maximum Gasteiger partial charge on any atom is 0.418 e. The number of amides is 1. The van der Waals surface area contributed by atoms with E-state index in [0.29, 0.717) is 22.2 Å². The van der Waals surface area contributed by atoms with Crippen molar-refractivity contribution in [1.29, 1.82) is 0 Å². The number of aromatic amines is 1. The number of para-hydroxylation sites is 1. The lowest BCUT2D eigenvalue weighted by Gasteiger charge is -2.20. The van der Waals surface area contributed by atoms with E-state index in [2.05, 4.69) is 20.5 Å². The molecule has 0 saturated heterocycles. The molecule has 0 bridgehead atoms. The number of ether oxygens (including phenoxy) is 1. The lowest BCUT2D eigenvalue weighted by Crippen LogP contribution is -2.30. The quantitative estimate of drug-likeness (QED) is 0.408. The van der Waals surface area contributed by atoms with E-state index in [1.165, 1.54) is 25.3 Å². The molecule has 1 atom stereocenters. The first-order valence-electron chi connectivity index (χ1n) is 9.50. The molecule has 0 fully saturated rings. The monoisotopic (exact) mass is 484 g/mol. The van der Waals surface area contributed by atoms with E-state index in [1.807, 2.05) is 0 Å². The molecular weight excluding hydrogens is 465 g/mol. The molecule has 32 heavy (non-hydrogen) atoms. The topological polar surface area (TPSA) is 79.9 Å². The normalized spacial score (nSPS) is 12.6. The molecule has 2 aromatic carbocycles. The summed E-state index contributed by atoms with van der Waals surface area (Å²) in [6, 6.07) is 9.88. The summed E-state index contributed by atoms with van der Waals surface area (Å²) in [4.78, 5) is 17.3. The molecule has 6 nitrogen and oxygen atoms in total. The second kappa shape index (κ2) is 9.83. The number of carbonyl (C=O) groups is 1. The highest BCUT2D eigenvalue weighted by Crippen LogP contribution is 2.36. The number of H-pyrrole nitrogens is 1. The van der Waals surface area contributed by atoms with E-state index in [0.717, 1.165) is 17.8 Å². The molecule has 0 spiro atoms. The zero-order chi connectivity index (χ0) is 23.5. The van der Waals surface area contributed by atoms with Crippen molar-refractivity contribution >= 4 is 35.0 Å². The Morgan fingerprint density at radius 1 is 1.22 bits per heavy atom. The van der Waals surface area contributed by atoms with Gasteiger partial charge >= 0.3 is 6.18 Å². The van der Waals surface area contributed by atoms with Gasteiger partial charge in [0.1, 0.15) is 5.75 Å². The number of hydrogen-bond acceptors (Lipinski definition) is 5. The van der Waals surface area contributed by atoms with Crippen molar-refractivity contribution in [2.24, 2.45) is 5.92 Å². The molecule has 11 heteroatoms. The van der Waals surface area contributed by atoms with E-state index >= 15 is 0 Å². The van der Waals surface area contributed by atoms with Crippen LogP contribution in [-0.2, 0) is 11.0 Å². The van der Waals surface area contributed by atoms with Gasteiger partial charge in [-0.15, -0.1) is 5.10 Å². The third-order valence-corrected chi connectivity index (χ3v) is 6.11. The SMILES string of the molecule is COc1ccc(Cl)cc1-c1nc(SC(C(=O)Nc2ccccc2C(F)(F)F)C(C)C)n[nH]1. The molecule has 1 amide bonds. The van der Waals surface area contributed by atoms with Crippen LogP contribution in [0.15, 0.2) is 47.6 Å². The number of alkyl halides is 3. The van der Waals surface area contributed by atoms with Crippen molar-refractivity contribution in [3.8, 4) is 17.1 Å². The Labute approximate surface area is 191 Å². The minimum Gasteiger partial charge on any atom is -0.496 e. The van der Waals surface area contributed by atoms with Gasteiger partial charge in [-0.2, -0.15) is 13.2 Å². The van der Waals surface area contributed by atoms with Gasteiger partial charge in [0.2, 0.25) is 11.1 Å². The molecule has 2 N–H and O–H groups in total. The van der Waals surface area contributed by atoms with Crippen LogP contribution in [0.4, 0.5) is 18.9 Å². The van der Waals surface area contributed by atoms with Crippen LogP contribution in [0.5, 0.6) is 5.75 Å². The molecule has 0 aliphatic rings. The van der Waals surface area contributed by atoms with Crippen LogP contribution in [-0.4, -0.2) is 33.4 Å². The molecule has 3 aromatic rings. The van der Waals surface area contributed by atoms with Crippen LogP contribution in [0.25, 0.3) is 11.4 Å². The Morgan fingerprint density at radius 3 is 2.59 bits per heavy atom. The highest BCUT2D eigenvalue weighted by atomic mass is 35.5. The zero-order valence-corrected chi connectivity index (χ0v) is 18.9. The molecule has 0 radical (unpaired) electrons. The number of benzene rings is 2. The number of anilines is 1. The number of rotatable bonds is 7. The van der Waals surface area contributed by atoms with Crippen molar-refractivity contribution in [3.05, 3.63) is 53.1 Å². The van der Waals surface area contributed by atoms with Crippen LogP contribution in [0.1, 0.15) is 19.4 Å². The lowest BCUT2D eigenvalue weighted by molar-refractivity contribution is -0.137. The van der Waals surface area contributed by atoms with Gasteiger partial charge < -0.3 is 10.1 Å². The molecule has 1 aromatic heterocycles. The van der Waals surface area contributed by atoms with Gasteiger partial charge in [0.05, 0.1) is 29.2 Å². The smallest absolute Gasteiger partial charge is 0.418 e. The molecule has 170 valence electrons. The van der Waals surface area contributed by atoms with Gasteiger partial charge in [-0.05, 0) is 36.2 Å². The van der Waals surface area contributed by atoms with Crippen molar-refractivity contribution in [2.45, 2.75) is 30.4 Å². The highest BCUT2D eigenvalue weighted by molar-refractivity contribution is 8.00. The maximum atomic E-state index is 13.3. The molecule has 1 heterocycles. The van der Waals surface area contributed by atoms with Gasteiger partial charge in [-0.3, -0.25) is 9.89 Å². The van der Waals surface area contributed by atoms with Crippen LogP contribution in [0.3, 0.4) is 0 Å². The molecule has 0 aliphatic heterocycles. The van der Waals surface area contributed by atoms with Crippen LogP contribution < -0.4 is 10.1 Å². The number of nitrogens with zero attached hydrogens (tertiary/aromatic N) is 2. The Kier molecular flexibility index (Phi) is 7.35. The van der Waals surface area contributed by atoms with E-state index in [9.17, 15) is 18.0 Å². The summed E-state index contributed by atoms with van der Waals surface area (Å²) in [5.74, 6) is 0.135. The minimum absolute atomic E-state index is 0.208. The lowest BCUT2D eigenvalue weighted by atomic mass is 10.1. The fraction of sp³-hybridized carbons (Fsp3) is 0.286. The van der Waals surface area contributed by atoms with Crippen LogP contribution in [0.2, 0.25) is 5.02 Å². The van der Waals surface area contributed by atoms with Gasteiger partial charge in [0.25, 0.3) is 0 Å². The summed E-state index contributed by atoms with van der Waals surface area (Å²) in [6.07, 6.45) is -4.58. The van der Waals surface area contributed by atoms with E-state index in [1.54, 1.807) is 32.0 Å². The second-order valence-corrected chi connectivity index (χ2v) is 8.67. The maximum absolute atomic E-state index is 13.3. The van der Waals surface area contributed by atoms with Gasteiger partial charge in [0.15, 0.2) is 5.82 Å². The third kappa shape index (κ3) is 5.55. The van der Waals surface area contributed by atoms with Gasteiger partial charge in [-0.1, -0.05) is 49.3 Å². The average Bonchev–Trinajstić information content (AvgIpc) is 3.20. The fourth-order valence-electron chi connectivity index (χ4n) is 2.93. The average molecular weight is 485 g/mol. The van der Waals surface area contributed by atoms with Gasteiger partial charge in [-0.25, -0.2) is 4.98 Å². The molecule has 0 saturated carbocycles. The first kappa shape index (κ1) is 23.9. The number of hydrogen-bond donors (Lipinski definition) is 2. The summed E-state index contributed by atoms with van der Waals surface area (Å²) in [6.45, 7) is 3.58. The zero-order valence-electron chi connectivity index (χ0n) is 17.3. The molecule has 0 aliphatic carbocycles. The Morgan fingerprint density at radius 2 is 1.94 bits per heavy atom. The Bertz CT molecular complexity index is 1100. The van der Waals surface area contributed by atoms with E-state index in [-0.39, 0.29) is 16.8 Å². The van der Waals surface area contributed by atoms with Gasteiger partial charge in [0, 0.05) is 5.02 Å². The van der Waals surface area contributed by atoms with Crippen LogP contribution >= 0.6 is 23.4 Å². The largest absolute Gasteiger partial charge is 0.496 e. The fourth-order valence-corrected chi connectivity index (χ4v) is 4.01. The first-order valence-corrected chi connectivity index (χ1v) is 10.8. The number of aromatic nitrogens is 3. The summed E-state index contributed by atoms with van der Waals surface area (Å²) >= 11 is 7.11. The standard InChI is InChI=1S/C21H20ClF3N4O2S/c1-11(2)17(19(30)26-15-7-5-4-6-14(15)21(23,24)25)32-20-27-18(28-29-20)13-10-12(22)8-9-16(13)31-3/h4-11,17H,1-3H3,(H,26,30)(H,27,28,29). The third-order valence-electron chi connectivity index (χ3n) is 4.47. The Hall–Kier alpha value is -2.72. The number of methoxy groups -OCH3 is 1. The van der Waals surface area contributed by atoms with Crippen LogP contribution in [0, 0.1) is 5.92 Å². The predicted molar refractivity (Wildman–Crippen MR) is 118 cm³/mol. The number of halogens is 4. The van der Waals surface area contributed by atoms with E-state index < -0.39 is 22.9 Å². The van der Waals surface area contributed by atoms with Crippen molar-refractivity contribution in [1.82, 2.24) is 15.2 Å². The summed E-state index contributed by atoms with van der Waals surface area (Å²) < 4.78 is 45.1. The second-order valence-electron chi connectivity index (χ2n) is 7.13. The van der Waals surface area contributed by atoms with Crippen molar-refractivity contribution in [2.75, 3.05) is 12.4 Å². The summed E-state index contributed by atoms with van der Waals surface area (Å²) in [7, 11) is 1.51. The summed E-state index contributed by atoms with van der Waals surface area (Å²) in [5.41, 5.74) is -0.617. The number of thioether (sulfide) groups is 1. The number of nitrogens with one attached hydrogen (secondary N) is 2. The first-order chi connectivity index (χ1) is 15.1. The van der Waals surface area contributed by atoms with Crippen molar-refractivity contribution < 1.29 is 22.7 Å². The number of carbonyl (C=O) groups excluding carboxylic acids is 1. The predicted octanol–water partition coefficient (Wildman–Crippen LogP) is 5.91. The molecular formula is C21H20ClF3N4O2S. The minimum atomic E-state index is -4.58. The molecule has 3 rings (SSSR count). The molecule has 1 unspecified atom stereocenters. The van der Waals surface area contributed by atoms with Crippen molar-refractivity contribution in [3.63, 3.8) is 0 Å². The van der Waals surface area contributed by atoms with E-state index in [4.69, 9.17) is 16.3 Å². The highest BCUT2D eigenvalue weighted by Gasteiger charge is 2.34. The Balaban J connectivity index is 1.82. The summed E-state index contributed by atoms with van der Waals surface area (Å²) in [5, 5.41) is 9.33.